The predicted octanol–water partition coefficient (Wildman–Crippen LogP) is 2.67. The second-order valence-corrected chi connectivity index (χ2v) is 5.79. The first kappa shape index (κ1) is 18.2. The molecule has 0 bridgehead atoms. The summed E-state index contributed by atoms with van der Waals surface area (Å²) >= 11 is 0. The lowest BCUT2D eigenvalue weighted by Gasteiger charge is -2.23. The van der Waals surface area contributed by atoms with E-state index in [2.05, 4.69) is 5.10 Å². The van der Waals surface area contributed by atoms with E-state index in [9.17, 15) is 9.59 Å². The topological polar surface area (TPSA) is 73.7 Å². The Morgan fingerprint density at radius 1 is 0.963 bits per heavy atom. The second-order valence-electron chi connectivity index (χ2n) is 5.79. The van der Waals surface area contributed by atoms with Crippen LogP contribution in [0.4, 0.5) is 5.69 Å². The number of rotatable bonds is 4. The largest absolute Gasteiger partial charge is 0.465 e. The van der Waals surface area contributed by atoms with Crippen LogP contribution in [-0.2, 0) is 19.1 Å². The van der Waals surface area contributed by atoms with Gasteiger partial charge >= 0.3 is 11.9 Å². The lowest BCUT2D eigenvalue weighted by molar-refractivity contribution is -0.139. The molecule has 0 radical (unpaired) electrons. The normalized spacial score (nSPS) is 13.5. The third-order valence-corrected chi connectivity index (χ3v) is 3.99. The number of anilines is 1. The molecule has 0 unspecified atom stereocenters. The first-order chi connectivity index (χ1) is 13.0. The van der Waals surface area contributed by atoms with Crippen LogP contribution in [-0.4, -0.2) is 35.9 Å². The van der Waals surface area contributed by atoms with Crippen LogP contribution in [0.15, 0.2) is 72.4 Å². The summed E-state index contributed by atoms with van der Waals surface area (Å²) in [5.74, 6) is -1.26. The molecule has 0 saturated carbocycles. The van der Waals surface area contributed by atoms with E-state index in [0.29, 0.717) is 5.69 Å². The number of ether oxygens (including phenoxy) is 2. The highest BCUT2D eigenvalue weighted by atomic mass is 16.5. The number of esters is 2. The molecule has 138 valence electrons. The number of hydrogen-bond acceptors (Lipinski definition) is 6. The maximum atomic E-state index is 12.4. The SMILES string of the molecule is COC(=O)C1=C(C(=O)OC)N(c2ccc(-n3cc(C)cn3)cc2)C=CC=C1. The zero-order valence-corrected chi connectivity index (χ0v) is 15.2. The summed E-state index contributed by atoms with van der Waals surface area (Å²) in [6.45, 7) is 1.97. The molecule has 1 aliphatic heterocycles. The van der Waals surface area contributed by atoms with Crippen LogP contribution in [0.5, 0.6) is 0 Å². The van der Waals surface area contributed by atoms with Crippen molar-refractivity contribution >= 4 is 17.6 Å². The van der Waals surface area contributed by atoms with Gasteiger partial charge in [-0.2, -0.15) is 5.10 Å². The van der Waals surface area contributed by atoms with Gasteiger partial charge in [0.05, 0.1) is 31.7 Å². The van der Waals surface area contributed by atoms with Crippen molar-refractivity contribution in [2.75, 3.05) is 19.1 Å². The molecule has 0 saturated heterocycles. The molecule has 2 aromatic rings. The molecule has 2 heterocycles. The van der Waals surface area contributed by atoms with Crippen molar-refractivity contribution in [2.45, 2.75) is 6.92 Å². The Kier molecular flexibility index (Phi) is 5.21. The van der Waals surface area contributed by atoms with E-state index >= 15 is 0 Å². The van der Waals surface area contributed by atoms with Crippen molar-refractivity contribution < 1.29 is 19.1 Å². The minimum atomic E-state index is -0.640. The van der Waals surface area contributed by atoms with E-state index in [1.165, 1.54) is 20.3 Å². The van der Waals surface area contributed by atoms with Gasteiger partial charge in [0.1, 0.15) is 5.70 Å². The molecule has 0 spiro atoms. The van der Waals surface area contributed by atoms with Crippen molar-refractivity contribution in [1.82, 2.24) is 9.78 Å². The minimum Gasteiger partial charge on any atom is -0.465 e. The van der Waals surface area contributed by atoms with E-state index in [0.717, 1.165) is 11.3 Å². The monoisotopic (exact) mass is 365 g/mol. The highest BCUT2D eigenvalue weighted by molar-refractivity contribution is 6.05. The minimum absolute atomic E-state index is 0.0806. The lowest BCUT2D eigenvalue weighted by Crippen LogP contribution is -2.26. The molecule has 1 aromatic heterocycles. The van der Waals surface area contributed by atoms with Gasteiger partial charge in [0.2, 0.25) is 0 Å². The average Bonchev–Trinajstić information content (AvgIpc) is 3.01. The molecule has 0 aliphatic carbocycles. The van der Waals surface area contributed by atoms with E-state index in [1.54, 1.807) is 34.1 Å². The fourth-order valence-corrected chi connectivity index (χ4v) is 2.69. The summed E-state index contributed by atoms with van der Waals surface area (Å²) in [5.41, 5.74) is 2.81. The number of allylic oxidation sites excluding steroid dienone is 2. The first-order valence-electron chi connectivity index (χ1n) is 8.22. The third-order valence-electron chi connectivity index (χ3n) is 3.99. The van der Waals surface area contributed by atoms with Gasteiger partial charge in [-0.1, -0.05) is 6.08 Å². The maximum absolute atomic E-state index is 12.4. The highest BCUT2D eigenvalue weighted by Crippen LogP contribution is 2.27. The molecule has 7 nitrogen and oxygen atoms in total. The van der Waals surface area contributed by atoms with Crippen molar-refractivity contribution in [3.8, 4) is 5.69 Å². The molecular formula is C20H19N3O4. The molecule has 3 rings (SSSR count). The van der Waals surface area contributed by atoms with Crippen molar-refractivity contribution in [3.05, 3.63) is 77.9 Å². The Morgan fingerprint density at radius 2 is 1.63 bits per heavy atom. The molecule has 0 fully saturated rings. The van der Waals surface area contributed by atoms with E-state index < -0.39 is 11.9 Å². The van der Waals surface area contributed by atoms with Gasteiger partial charge in [0.15, 0.2) is 0 Å². The number of hydrogen-bond donors (Lipinski definition) is 0. The zero-order valence-electron chi connectivity index (χ0n) is 15.2. The fraction of sp³-hybridized carbons (Fsp3) is 0.150. The number of aryl methyl sites for hydroxylation is 1. The summed E-state index contributed by atoms with van der Waals surface area (Å²) in [4.78, 5) is 26.2. The maximum Gasteiger partial charge on any atom is 0.355 e. The Labute approximate surface area is 156 Å². The summed E-state index contributed by atoms with van der Waals surface area (Å²) in [7, 11) is 2.53. The molecule has 0 N–H and O–H groups in total. The van der Waals surface area contributed by atoms with Gasteiger partial charge < -0.3 is 14.4 Å². The average molecular weight is 365 g/mol. The number of methoxy groups -OCH3 is 2. The molecule has 0 amide bonds. The van der Waals surface area contributed by atoms with Crippen molar-refractivity contribution in [3.63, 3.8) is 0 Å². The van der Waals surface area contributed by atoms with Crippen molar-refractivity contribution in [2.24, 2.45) is 0 Å². The van der Waals surface area contributed by atoms with Gasteiger partial charge in [0.25, 0.3) is 0 Å². The van der Waals surface area contributed by atoms with Gasteiger partial charge in [0, 0.05) is 18.1 Å². The van der Waals surface area contributed by atoms with E-state index in [4.69, 9.17) is 9.47 Å². The second kappa shape index (κ2) is 7.74. The molecule has 0 atom stereocenters. The van der Waals surface area contributed by atoms with Gasteiger partial charge in [-0.05, 0) is 48.9 Å². The van der Waals surface area contributed by atoms with Crippen LogP contribution in [0.1, 0.15) is 5.56 Å². The quantitative estimate of drug-likeness (QED) is 0.776. The Morgan fingerprint density at radius 3 is 2.22 bits per heavy atom. The number of aromatic nitrogens is 2. The molecule has 27 heavy (non-hydrogen) atoms. The van der Waals surface area contributed by atoms with Crippen LogP contribution in [0.25, 0.3) is 5.69 Å². The van der Waals surface area contributed by atoms with Gasteiger partial charge in [-0.25, -0.2) is 14.3 Å². The number of benzene rings is 1. The Hall–Kier alpha value is -3.61. The Balaban J connectivity index is 2.04. The highest BCUT2D eigenvalue weighted by Gasteiger charge is 2.27. The number of carbonyl (C=O) groups excluding carboxylic acids is 2. The van der Waals surface area contributed by atoms with Gasteiger partial charge in [-0.3, -0.25) is 0 Å². The summed E-state index contributed by atoms with van der Waals surface area (Å²) in [6.07, 6.45) is 10.3. The smallest absolute Gasteiger partial charge is 0.355 e. The summed E-state index contributed by atoms with van der Waals surface area (Å²) < 4.78 is 11.5. The van der Waals surface area contributed by atoms with Gasteiger partial charge in [-0.15, -0.1) is 0 Å². The van der Waals surface area contributed by atoms with Crippen LogP contribution in [0, 0.1) is 6.92 Å². The van der Waals surface area contributed by atoms with Crippen LogP contribution in [0.3, 0.4) is 0 Å². The van der Waals surface area contributed by atoms with E-state index in [1.807, 2.05) is 37.4 Å². The molecule has 1 aliphatic rings. The summed E-state index contributed by atoms with van der Waals surface area (Å²) in [5, 5.41) is 4.28. The molecular weight excluding hydrogens is 346 g/mol. The predicted molar refractivity (Wildman–Crippen MR) is 100 cm³/mol. The van der Waals surface area contributed by atoms with Crippen LogP contribution < -0.4 is 4.90 Å². The first-order valence-corrected chi connectivity index (χ1v) is 8.22. The summed E-state index contributed by atoms with van der Waals surface area (Å²) in [6, 6.07) is 7.42. The van der Waals surface area contributed by atoms with E-state index in [-0.39, 0.29) is 11.3 Å². The molecule has 7 heteroatoms. The van der Waals surface area contributed by atoms with Crippen molar-refractivity contribution in [1.29, 1.82) is 0 Å². The van der Waals surface area contributed by atoms with Crippen LogP contribution in [0.2, 0.25) is 0 Å². The fourth-order valence-electron chi connectivity index (χ4n) is 2.69. The Bertz CT molecular complexity index is 952. The number of carbonyl (C=O) groups is 2. The third kappa shape index (κ3) is 3.67. The molecule has 1 aromatic carbocycles. The number of nitrogens with zero attached hydrogens (tertiary/aromatic N) is 3. The lowest BCUT2D eigenvalue weighted by atomic mass is 10.1. The van der Waals surface area contributed by atoms with Crippen LogP contribution >= 0.6 is 0 Å². The zero-order chi connectivity index (χ0) is 19.4. The standard InChI is InChI=1S/C20H19N3O4/c1-14-12-21-23(13-14)16-9-7-15(8-10-16)22-11-5-4-6-17(19(24)26-2)18(22)20(25)27-3/h4-13H,1-3H3.